The van der Waals surface area contributed by atoms with Crippen LogP contribution >= 0.6 is 11.6 Å². The average molecular weight is 757 g/mol. The van der Waals surface area contributed by atoms with E-state index in [1.54, 1.807) is 31.2 Å². The van der Waals surface area contributed by atoms with Gasteiger partial charge in [0.05, 0.1) is 22.6 Å². The summed E-state index contributed by atoms with van der Waals surface area (Å²) in [5, 5.41) is 2.97. The van der Waals surface area contributed by atoms with Crippen molar-refractivity contribution in [1.82, 2.24) is 14.9 Å². The Balaban J connectivity index is 1.35. The zero-order valence-corrected chi connectivity index (χ0v) is 32.7. The number of halogens is 2. The lowest BCUT2D eigenvalue weighted by molar-refractivity contribution is -0.108. The maximum atomic E-state index is 15.7. The predicted molar refractivity (Wildman–Crippen MR) is 203 cm³/mol. The molecule has 52 heavy (non-hydrogen) atoms. The Kier molecular flexibility index (Phi) is 10.7. The molecule has 2 aliphatic carbocycles. The van der Waals surface area contributed by atoms with Crippen molar-refractivity contribution in [2.24, 2.45) is 23.7 Å². The number of ether oxygens (including phenoxy) is 2. The van der Waals surface area contributed by atoms with Gasteiger partial charge in [0.1, 0.15) is 17.2 Å². The fourth-order valence-electron chi connectivity index (χ4n) is 9.55. The number of methoxy groups -OCH3 is 1. The maximum Gasteiger partial charge on any atom is 0.264 e. The van der Waals surface area contributed by atoms with E-state index < -0.39 is 26.8 Å². The minimum atomic E-state index is -4.01. The molecule has 0 unspecified atom stereocenters. The third-order valence-corrected chi connectivity index (χ3v) is 14.9. The number of nitrogens with one attached hydrogen (secondary N) is 2. The number of rotatable bonds is 3. The van der Waals surface area contributed by atoms with Crippen molar-refractivity contribution in [2.45, 2.75) is 95.7 Å². The van der Waals surface area contributed by atoms with Gasteiger partial charge in [-0.2, -0.15) is 0 Å². The lowest BCUT2D eigenvalue weighted by Gasteiger charge is -2.56. The van der Waals surface area contributed by atoms with Crippen LogP contribution in [0.1, 0.15) is 81.3 Å². The lowest BCUT2D eigenvalue weighted by Crippen LogP contribution is -2.63. The van der Waals surface area contributed by atoms with Crippen molar-refractivity contribution in [2.75, 3.05) is 44.8 Å². The van der Waals surface area contributed by atoms with E-state index in [0.29, 0.717) is 61.6 Å². The highest BCUT2D eigenvalue weighted by Gasteiger charge is 2.54. The number of fused-ring (bicyclic) bond motifs is 5. The highest BCUT2D eigenvalue weighted by Crippen LogP contribution is 2.53. The van der Waals surface area contributed by atoms with Gasteiger partial charge in [-0.15, -0.1) is 0 Å². The van der Waals surface area contributed by atoms with Crippen molar-refractivity contribution in [3.05, 3.63) is 69.5 Å². The Labute approximate surface area is 313 Å². The molecule has 0 aromatic heterocycles. The molecule has 2 aromatic rings. The molecule has 6 aliphatic rings. The van der Waals surface area contributed by atoms with Gasteiger partial charge in [-0.05, 0) is 124 Å². The van der Waals surface area contributed by atoms with Gasteiger partial charge in [0.2, 0.25) is 10.0 Å². The number of carbonyl (C=O) groups excluding carboxylic acids is 1. The van der Waals surface area contributed by atoms with Gasteiger partial charge in [-0.3, -0.25) is 9.69 Å². The quantitative estimate of drug-likeness (QED) is 0.351. The molecular formula is C40H54ClFN4O5S. The van der Waals surface area contributed by atoms with Gasteiger partial charge >= 0.3 is 0 Å². The molecule has 8 rings (SSSR count). The van der Waals surface area contributed by atoms with Crippen LogP contribution in [0.25, 0.3) is 0 Å². The third-order valence-electron chi connectivity index (χ3n) is 12.8. The van der Waals surface area contributed by atoms with E-state index in [9.17, 15) is 13.2 Å². The van der Waals surface area contributed by atoms with Crippen molar-refractivity contribution < 1.29 is 27.1 Å². The molecule has 2 N–H and O–H groups in total. The Morgan fingerprint density at radius 2 is 1.81 bits per heavy atom. The van der Waals surface area contributed by atoms with Crippen LogP contribution in [0.15, 0.2) is 42.0 Å². The molecule has 2 fully saturated rings. The van der Waals surface area contributed by atoms with Gasteiger partial charge in [0, 0.05) is 57.5 Å². The van der Waals surface area contributed by atoms with Crippen LogP contribution in [-0.2, 0) is 27.7 Å². The Bertz CT molecular complexity index is 1810. The molecule has 12 heteroatoms. The highest BCUT2D eigenvalue weighted by molar-refractivity contribution is 7.90. The number of hydrogen-bond acceptors (Lipinski definition) is 8. The van der Waals surface area contributed by atoms with E-state index in [2.05, 4.69) is 39.8 Å². The number of amides is 1. The zero-order valence-electron chi connectivity index (χ0n) is 31.1. The zero-order chi connectivity index (χ0) is 36.9. The van der Waals surface area contributed by atoms with Crippen LogP contribution in [0.2, 0.25) is 5.02 Å². The maximum absolute atomic E-state index is 15.7. The molecule has 0 radical (unpaired) electrons. The summed E-state index contributed by atoms with van der Waals surface area (Å²) in [7, 11) is -2.17. The van der Waals surface area contributed by atoms with Gasteiger partial charge in [-0.25, -0.2) is 17.5 Å². The number of nitrogens with zero attached hydrogens (tertiary/aromatic N) is 2. The lowest BCUT2D eigenvalue weighted by atomic mass is 9.58. The summed E-state index contributed by atoms with van der Waals surface area (Å²) >= 11 is 6.32. The summed E-state index contributed by atoms with van der Waals surface area (Å²) in [4.78, 5) is 18.4. The van der Waals surface area contributed by atoms with Crippen molar-refractivity contribution >= 4 is 33.2 Å². The Morgan fingerprint density at radius 3 is 2.50 bits per heavy atom. The standard InChI is InChI=1S/C40H54ClFN4O5S/c1-24-19-45(20-25(2)43-24)23-40(50-5)32-16-31(17-32)26(3)27(4)52(48,49)44-39(47)28-11-14-37-36(18-28)46(22-30-9-12-34(30)40)21-29-10-13-35(41)38(42)33(29)8-6-7-15-51-37/h10-11,13-14,16,18,24-27,30-31,34,43H,6-9,12,15,17,19-23H2,1-5H3,(H,44,47)/t24-,25+,26-,27-,30+,31+,34-,40+/m1/s1. The number of benzene rings is 2. The Hall–Kier alpha value is -2.70. The van der Waals surface area contributed by atoms with Crippen LogP contribution in [0, 0.1) is 29.5 Å². The number of anilines is 1. The van der Waals surface area contributed by atoms with Crippen molar-refractivity contribution in [3.63, 3.8) is 0 Å². The van der Waals surface area contributed by atoms with Crippen LogP contribution in [0.3, 0.4) is 0 Å². The molecule has 8 atom stereocenters. The Morgan fingerprint density at radius 1 is 1.06 bits per heavy atom. The fourth-order valence-corrected chi connectivity index (χ4v) is 11.1. The van der Waals surface area contributed by atoms with Crippen molar-refractivity contribution in [3.8, 4) is 5.75 Å². The molecule has 4 bridgehead atoms. The van der Waals surface area contributed by atoms with E-state index in [1.807, 2.05) is 20.1 Å². The molecule has 1 amide bonds. The summed E-state index contributed by atoms with van der Waals surface area (Å²) in [6.45, 7) is 12.1. The summed E-state index contributed by atoms with van der Waals surface area (Å²) in [6.07, 6.45) is 6.99. The molecule has 284 valence electrons. The molecule has 4 heterocycles. The average Bonchev–Trinajstić information content (AvgIpc) is 3.09. The van der Waals surface area contributed by atoms with Gasteiger partial charge in [0.25, 0.3) is 5.91 Å². The van der Waals surface area contributed by atoms with Gasteiger partial charge in [0.15, 0.2) is 0 Å². The fraction of sp³-hybridized carbons (Fsp3) is 0.625. The molecule has 1 saturated carbocycles. The van der Waals surface area contributed by atoms with Crippen LogP contribution in [0.4, 0.5) is 10.1 Å². The van der Waals surface area contributed by atoms with Gasteiger partial charge in [-0.1, -0.05) is 30.7 Å². The van der Waals surface area contributed by atoms with Crippen LogP contribution < -0.4 is 19.7 Å². The molecule has 9 nitrogen and oxygen atoms in total. The monoisotopic (exact) mass is 756 g/mol. The van der Waals surface area contributed by atoms with Gasteiger partial charge < -0.3 is 19.7 Å². The second-order valence-electron chi connectivity index (χ2n) is 16.2. The highest BCUT2D eigenvalue weighted by atomic mass is 35.5. The first-order chi connectivity index (χ1) is 24.8. The van der Waals surface area contributed by atoms with Crippen LogP contribution in [0.5, 0.6) is 5.75 Å². The van der Waals surface area contributed by atoms with Crippen molar-refractivity contribution in [1.29, 1.82) is 0 Å². The van der Waals surface area contributed by atoms with E-state index in [-0.39, 0.29) is 40.1 Å². The summed E-state index contributed by atoms with van der Waals surface area (Å²) in [5.74, 6) is -0.179. The number of hydrogen-bond donors (Lipinski definition) is 2. The minimum Gasteiger partial charge on any atom is -0.491 e. The minimum absolute atomic E-state index is 0.0470. The van der Waals surface area contributed by atoms with Crippen LogP contribution in [-0.4, -0.2) is 82.1 Å². The predicted octanol–water partition coefficient (Wildman–Crippen LogP) is 6.34. The topological polar surface area (TPSA) is 100 Å². The molecule has 4 aliphatic heterocycles. The summed E-state index contributed by atoms with van der Waals surface area (Å²) in [6, 6.07) is 9.37. The molecule has 1 saturated heterocycles. The normalized spacial score (nSPS) is 33.8. The molecule has 0 spiro atoms. The molecule has 2 aromatic carbocycles. The van der Waals surface area contributed by atoms with E-state index in [4.69, 9.17) is 21.1 Å². The second kappa shape index (κ2) is 14.9. The summed E-state index contributed by atoms with van der Waals surface area (Å²) in [5.41, 5.74) is 3.05. The number of allylic oxidation sites excluding steroid dienone is 1. The molecular weight excluding hydrogens is 703 g/mol. The number of carbonyl (C=O) groups is 1. The number of piperazine rings is 1. The SMILES string of the molecule is CO[C@@]1(CN2C[C@@H](C)N[C@@H](C)C2)C2=C[C@@H](C2)[C@H](C)[C@@H](C)S(=O)(=O)NC(=O)c2ccc3c(c2)N(Cc2ccc(Cl)c(F)c2CCCCO3)C[C@@H]2CC[C@H]21. The number of sulfonamides is 1. The largest absolute Gasteiger partial charge is 0.491 e. The van der Waals surface area contributed by atoms with E-state index in [1.165, 1.54) is 5.57 Å². The first kappa shape index (κ1) is 37.6. The summed E-state index contributed by atoms with van der Waals surface area (Å²) < 4.78 is 58.7. The third kappa shape index (κ3) is 7.12. The van der Waals surface area contributed by atoms with E-state index in [0.717, 1.165) is 50.9 Å². The van der Waals surface area contributed by atoms with E-state index >= 15 is 4.39 Å². The smallest absolute Gasteiger partial charge is 0.264 e. The first-order valence-corrected chi connectivity index (χ1v) is 21.0. The first-order valence-electron chi connectivity index (χ1n) is 19.1. The second-order valence-corrected chi connectivity index (χ2v) is 18.6.